The lowest BCUT2D eigenvalue weighted by Crippen LogP contribution is -2.32. The second kappa shape index (κ2) is 5.97. The van der Waals surface area contributed by atoms with Crippen molar-refractivity contribution in [2.75, 3.05) is 13.1 Å². The Morgan fingerprint density at radius 2 is 2.09 bits per heavy atom. The van der Waals surface area contributed by atoms with Gasteiger partial charge in [0.2, 0.25) is 0 Å². The Morgan fingerprint density at radius 3 is 2.55 bits per heavy atom. The number of carbonyl (C=O) groups excluding carboxylic acids is 1. The van der Waals surface area contributed by atoms with Crippen LogP contribution in [0.15, 0.2) is 0 Å². The molecular formula is C7H17N3O. The Balaban J connectivity index is 2.97. The first-order chi connectivity index (χ1) is 5.13. The van der Waals surface area contributed by atoms with Gasteiger partial charge in [0.1, 0.15) is 0 Å². The normalized spacial score (nSPS) is 10.1. The zero-order valence-electron chi connectivity index (χ0n) is 7.18. The summed E-state index contributed by atoms with van der Waals surface area (Å²) in [5.41, 5.74) is 4.86. The standard InChI is InChI=1S/C7H17N3O/c1-6(2)9-4-3-5-10-7(8)11/h6,9H,3-5H2,1-2H3,(H3,8,10,11). The van der Waals surface area contributed by atoms with Crippen molar-refractivity contribution in [3.05, 3.63) is 0 Å². The number of rotatable bonds is 5. The van der Waals surface area contributed by atoms with Crippen LogP contribution in [0, 0.1) is 0 Å². The molecule has 0 saturated carbocycles. The van der Waals surface area contributed by atoms with Crippen LogP contribution in [0.5, 0.6) is 0 Å². The van der Waals surface area contributed by atoms with Crippen LogP contribution in [0.2, 0.25) is 0 Å². The quantitative estimate of drug-likeness (QED) is 0.496. The molecular weight excluding hydrogens is 142 g/mol. The number of carbonyl (C=O) groups is 1. The summed E-state index contributed by atoms with van der Waals surface area (Å²) in [5.74, 6) is 0. The third kappa shape index (κ3) is 9.23. The summed E-state index contributed by atoms with van der Waals surface area (Å²) in [6, 6.07) is 0.0538. The summed E-state index contributed by atoms with van der Waals surface area (Å²) in [4.78, 5) is 10.2. The molecule has 2 amide bonds. The van der Waals surface area contributed by atoms with Crippen molar-refractivity contribution in [2.24, 2.45) is 5.73 Å². The van der Waals surface area contributed by atoms with Gasteiger partial charge < -0.3 is 16.4 Å². The van der Waals surface area contributed by atoms with Crippen molar-refractivity contribution in [3.63, 3.8) is 0 Å². The first-order valence-electron chi connectivity index (χ1n) is 3.89. The molecule has 0 aliphatic rings. The second-order valence-electron chi connectivity index (χ2n) is 2.75. The zero-order chi connectivity index (χ0) is 8.69. The third-order valence-corrected chi connectivity index (χ3v) is 1.21. The lowest BCUT2D eigenvalue weighted by molar-refractivity contribution is 0.249. The van der Waals surface area contributed by atoms with Crippen molar-refractivity contribution in [1.82, 2.24) is 10.6 Å². The van der Waals surface area contributed by atoms with E-state index >= 15 is 0 Å². The van der Waals surface area contributed by atoms with Crippen molar-refractivity contribution in [2.45, 2.75) is 26.3 Å². The summed E-state index contributed by atoms with van der Waals surface area (Å²) >= 11 is 0. The van der Waals surface area contributed by atoms with Crippen LogP contribution in [-0.2, 0) is 0 Å². The van der Waals surface area contributed by atoms with Gasteiger partial charge in [-0.25, -0.2) is 4.79 Å². The molecule has 0 heterocycles. The van der Waals surface area contributed by atoms with E-state index in [0.29, 0.717) is 12.6 Å². The number of urea groups is 1. The van der Waals surface area contributed by atoms with E-state index in [1.54, 1.807) is 0 Å². The fourth-order valence-electron chi connectivity index (χ4n) is 0.691. The minimum Gasteiger partial charge on any atom is -0.352 e. The molecule has 0 aromatic rings. The maximum Gasteiger partial charge on any atom is 0.312 e. The SMILES string of the molecule is CC(C)NCCCNC(N)=O. The van der Waals surface area contributed by atoms with E-state index in [1.807, 2.05) is 0 Å². The van der Waals surface area contributed by atoms with Gasteiger partial charge in [-0.05, 0) is 13.0 Å². The Bertz CT molecular complexity index is 114. The van der Waals surface area contributed by atoms with E-state index in [0.717, 1.165) is 13.0 Å². The molecule has 0 atom stereocenters. The minimum absolute atomic E-state index is 0.449. The van der Waals surface area contributed by atoms with Crippen LogP contribution < -0.4 is 16.4 Å². The van der Waals surface area contributed by atoms with E-state index < -0.39 is 6.03 Å². The molecule has 66 valence electrons. The highest BCUT2D eigenvalue weighted by Gasteiger charge is 1.92. The van der Waals surface area contributed by atoms with Crippen LogP contribution in [-0.4, -0.2) is 25.2 Å². The molecule has 0 spiro atoms. The topological polar surface area (TPSA) is 67.2 Å². The minimum atomic E-state index is -0.449. The third-order valence-electron chi connectivity index (χ3n) is 1.21. The molecule has 0 fully saturated rings. The number of primary amides is 1. The molecule has 4 heteroatoms. The van der Waals surface area contributed by atoms with Gasteiger partial charge >= 0.3 is 6.03 Å². The van der Waals surface area contributed by atoms with Crippen molar-refractivity contribution in [1.29, 1.82) is 0 Å². The van der Waals surface area contributed by atoms with Crippen molar-refractivity contribution in [3.8, 4) is 0 Å². The largest absolute Gasteiger partial charge is 0.352 e. The van der Waals surface area contributed by atoms with Gasteiger partial charge in [-0.1, -0.05) is 13.8 Å². The van der Waals surface area contributed by atoms with Gasteiger partial charge in [0.15, 0.2) is 0 Å². The summed E-state index contributed by atoms with van der Waals surface area (Å²) in [6.07, 6.45) is 0.918. The molecule has 0 aromatic heterocycles. The molecule has 0 saturated heterocycles. The number of nitrogens with one attached hydrogen (secondary N) is 2. The maximum atomic E-state index is 10.2. The molecule has 0 aliphatic carbocycles. The predicted molar refractivity (Wildman–Crippen MR) is 45.3 cm³/mol. The van der Waals surface area contributed by atoms with Crippen LogP contribution >= 0.6 is 0 Å². The summed E-state index contributed by atoms with van der Waals surface area (Å²) in [7, 11) is 0. The van der Waals surface area contributed by atoms with Crippen molar-refractivity contribution >= 4 is 6.03 Å². The van der Waals surface area contributed by atoms with E-state index in [4.69, 9.17) is 5.73 Å². The van der Waals surface area contributed by atoms with Crippen LogP contribution in [0.25, 0.3) is 0 Å². The second-order valence-corrected chi connectivity index (χ2v) is 2.75. The highest BCUT2D eigenvalue weighted by atomic mass is 16.2. The van der Waals surface area contributed by atoms with Crippen LogP contribution in [0.1, 0.15) is 20.3 Å². The number of hydrogen-bond acceptors (Lipinski definition) is 2. The number of hydrogen-bond donors (Lipinski definition) is 3. The Labute approximate surface area is 67.5 Å². The number of nitrogens with two attached hydrogens (primary N) is 1. The monoisotopic (exact) mass is 159 g/mol. The van der Waals surface area contributed by atoms with Crippen LogP contribution in [0.3, 0.4) is 0 Å². The molecule has 0 radical (unpaired) electrons. The van der Waals surface area contributed by atoms with E-state index in [1.165, 1.54) is 0 Å². The van der Waals surface area contributed by atoms with Gasteiger partial charge in [-0.15, -0.1) is 0 Å². The zero-order valence-corrected chi connectivity index (χ0v) is 7.18. The summed E-state index contributed by atoms with van der Waals surface area (Å²) in [5, 5.41) is 5.75. The fourth-order valence-corrected chi connectivity index (χ4v) is 0.691. The molecule has 4 N–H and O–H groups in total. The van der Waals surface area contributed by atoms with E-state index in [-0.39, 0.29) is 0 Å². The van der Waals surface area contributed by atoms with Crippen LogP contribution in [0.4, 0.5) is 4.79 Å². The average Bonchev–Trinajstić information content (AvgIpc) is 1.85. The molecule has 4 nitrogen and oxygen atoms in total. The molecule has 0 bridgehead atoms. The molecule has 0 unspecified atom stereocenters. The number of amides is 2. The summed E-state index contributed by atoms with van der Waals surface area (Å²) in [6.45, 7) is 5.73. The lowest BCUT2D eigenvalue weighted by atomic mass is 10.3. The highest BCUT2D eigenvalue weighted by molar-refractivity contribution is 5.71. The molecule has 0 aromatic carbocycles. The predicted octanol–water partition coefficient (Wildman–Crippen LogP) is 0.0428. The fraction of sp³-hybridized carbons (Fsp3) is 0.857. The molecule has 11 heavy (non-hydrogen) atoms. The smallest absolute Gasteiger partial charge is 0.312 e. The van der Waals surface area contributed by atoms with Crippen molar-refractivity contribution < 1.29 is 4.79 Å². The maximum absolute atomic E-state index is 10.2. The van der Waals surface area contributed by atoms with E-state index in [9.17, 15) is 4.79 Å². The Hall–Kier alpha value is -0.770. The first-order valence-corrected chi connectivity index (χ1v) is 3.89. The van der Waals surface area contributed by atoms with Gasteiger partial charge in [0.05, 0.1) is 0 Å². The Kier molecular flexibility index (Phi) is 5.56. The molecule has 0 rings (SSSR count). The van der Waals surface area contributed by atoms with Gasteiger partial charge in [-0.2, -0.15) is 0 Å². The average molecular weight is 159 g/mol. The van der Waals surface area contributed by atoms with E-state index in [2.05, 4.69) is 24.5 Å². The highest BCUT2D eigenvalue weighted by Crippen LogP contribution is 1.78. The van der Waals surface area contributed by atoms with Gasteiger partial charge in [-0.3, -0.25) is 0 Å². The van der Waals surface area contributed by atoms with Gasteiger partial charge in [0, 0.05) is 12.6 Å². The first kappa shape index (κ1) is 10.2. The Morgan fingerprint density at radius 1 is 1.45 bits per heavy atom. The summed E-state index contributed by atoms with van der Waals surface area (Å²) < 4.78 is 0. The molecule has 0 aliphatic heterocycles. The lowest BCUT2D eigenvalue weighted by Gasteiger charge is -2.07. The van der Waals surface area contributed by atoms with Gasteiger partial charge in [0.25, 0.3) is 0 Å².